The van der Waals surface area contributed by atoms with Crippen molar-refractivity contribution in [3.05, 3.63) is 16.6 Å². The van der Waals surface area contributed by atoms with Crippen LogP contribution in [0.25, 0.3) is 0 Å². The fourth-order valence-corrected chi connectivity index (χ4v) is 1.71. The molecule has 13 heavy (non-hydrogen) atoms. The van der Waals surface area contributed by atoms with E-state index < -0.39 is 0 Å². The molecule has 74 valence electrons. The predicted molar refractivity (Wildman–Crippen MR) is 54.8 cm³/mol. The van der Waals surface area contributed by atoms with Crippen molar-refractivity contribution >= 4 is 11.3 Å². The minimum Gasteiger partial charge on any atom is -0.393 e. The molecular weight excluding hydrogens is 184 g/mol. The van der Waals surface area contributed by atoms with Crippen LogP contribution >= 0.6 is 11.3 Å². The summed E-state index contributed by atoms with van der Waals surface area (Å²) in [5, 5.41) is 15.4. The largest absolute Gasteiger partial charge is 0.393 e. The maximum absolute atomic E-state index is 9.04. The second-order valence-corrected chi connectivity index (χ2v) is 4.11. The predicted octanol–water partition coefficient (Wildman–Crippen LogP) is 1.56. The average Bonchev–Trinajstić information content (AvgIpc) is 2.55. The molecule has 3 nitrogen and oxygen atoms in total. The smallest absolute Gasteiger partial charge is 0.109 e. The Labute approximate surface area is 82.8 Å². The summed E-state index contributed by atoms with van der Waals surface area (Å²) in [6.45, 7) is 4.72. The minimum atomic E-state index is -0.226. The van der Waals surface area contributed by atoms with Gasteiger partial charge in [-0.1, -0.05) is 0 Å². The van der Waals surface area contributed by atoms with Gasteiger partial charge in [0.05, 0.1) is 12.1 Å². The van der Waals surface area contributed by atoms with E-state index in [4.69, 9.17) is 5.11 Å². The van der Waals surface area contributed by atoms with Gasteiger partial charge < -0.3 is 10.4 Å². The van der Waals surface area contributed by atoms with Crippen LogP contribution in [0, 0.1) is 0 Å². The first kappa shape index (κ1) is 10.6. The standard InChI is InChI=1S/C9H16N2OS/c1-7(12)3-4-10-8(2)9-11-5-6-13-9/h5-8,10,12H,3-4H2,1-2H3/t7-,8+/m1/s1. The molecule has 0 radical (unpaired) electrons. The molecule has 1 aromatic heterocycles. The van der Waals surface area contributed by atoms with Crippen LogP contribution in [0.15, 0.2) is 11.6 Å². The number of rotatable bonds is 5. The number of nitrogens with one attached hydrogen (secondary N) is 1. The van der Waals surface area contributed by atoms with Crippen molar-refractivity contribution in [2.75, 3.05) is 6.54 Å². The third-order valence-electron chi connectivity index (χ3n) is 1.83. The highest BCUT2D eigenvalue weighted by Gasteiger charge is 2.06. The van der Waals surface area contributed by atoms with E-state index in [1.54, 1.807) is 18.3 Å². The van der Waals surface area contributed by atoms with Gasteiger partial charge in [0, 0.05) is 11.6 Å². The Bertz CT molecular complexity index is 224. The van der Waals surface area contributed by atoms with E-state index in [9.17, 15) is 0 Å². The van der Waals surface area contributed by atoms with E-state index in [2.05, 4.69) is 17.2 Å². The van der Waals surface area contributed by atoms with E-state index >= 15 is 0 Å². The Morgan fingerprint density at radius 1 is 1.62 bits per heavy atom. The molecule has 1 rings (SSSR count). The number of aromatic nitrogens is 1. The lowest BCUT2D eigenvalue weighted by atomic mass is 10.2. The van der Waals surface area contributed by atoms with Crippen LogP contribution in [-0.2, 0) is 0 Å². The van der Waals surface area contributed by atoms with Crippen LogP contribution in [0.2, 0.25) is 0 Å². The van der Waals surface area contributed by atoms with Crippen molar-refractivity contribution in [1.29, 1.82) is 0 Å². The molecule has 0 aliphatic heterocycles. The van der Waals surface area contributed by atoms with Crippen molar-refractivity contribution < 1.29 is 5.11 Å². The van der Waals surface area contributed by atoms with E-state index in [0.717, 1.165) is 18.0 Å². The highest BCUT2D eigenvalue weighted by molar-refractivity contribution is 7.09. The molecule has 1 aromatic rings. The van der Waals surface area contributed by atoms with E-state index in [1.807, 2.05) is 11.6 Å². The molecule has 0 saturated carbocycles. The highest BCUT2D eigenvalue weighted by Crippen LogP contribution is 2.14. The van der Waals surface area contributed by atoms with Gasteiger partial charge in [-0.15, -0.1) is 11.3 Å². The van der Waals surface area contributed by atoms with Gasteiger partial charge in [0.15, 0.2) is 0 Å². The first-order valence-corrected chi connectivity index (χ1v) is 5.39. The number of nitrogens with zero attached hydrogens (tertiary/aromatic N) is 1. The molecule has 2 N–H and O–H groups in total. The van der Waals surface area contributed by atoms with Gasteiger partial charge in [-0.25, -0.2) is 4.98 Å². The number of hydrogen-bond acceptors (Lipinski definition) is 4. The van der Waals surface area contributed by atoms with Gasteiger partial charge >= 0.3 is 0 Å². The summed E-state index contributed by atoms with van der Waals surface area (Å²) in [4.78, 5) is 4.21. The maximum Gasteiger partial charge on any atom is 0.109 e. The Balaban J connectivity index is 2.22. The maximum atomic E-state index is 9.04. The van der Waals surface area contributed by atoms with Crippen LogP contribution in [0.3, 0.4) is 0 Å². The van der Waals surface area contributed by atoms with Gasteiger partial charge in [-0.2, -0.15) is 0 Å². The van der Waals surface area contributed by atoms with E-state index in [0.29, 0.717) is 6.04 Å². The van der Waals surface area contributed by atoms with E-state index in [1.165, 1.54) is 0 Å². The van der Waals surface area contributed by atoms with E-state index in [-0.39, 0.29) is 6.10 Å². The second-order valence-electron chi connectivity index (χ2n) is 3.18. The van der Waals surface area contributed by atoms with Gasteiger partial charge in [0.2, 0.25) is 0 Å². The lowest BCUT2D eigenvalue weighted by molar-refractivity contribution is 0.182. The van der Waals surface area contributed by atoms with Crippen LogP contribution in [0.4, 0.5) is 0 Å². The summed E-state index contributed by atoms with van der Waals surface area (Å²) in [5.74, 6) is 0. The fraction of sp³-hybridized carbons (Fsp3) is 0.667. The normalized spacial score (nSPS) is 15.6. The number of aliphatic hydroxyl groups excluding tert-OH is 1. The SMILES string of the molecule is C[C@H](NCC[C@@H](C)O)c1nccs1. The van der Waals surface area contributed by atoms with Crippen LogP contribution in [0.1, 0.15) is 31.3 Å². The van der Waals surface area contributed by atoms with Gasteiger partial charge in [0.25, 0.3) is 0 Å². The number of aliphatic hydroxyl groups is 1. The van der Waals surface area contributed by atoms with Crippen LogP contribution < -0.4 is 5.32 Å². The molecule has 4 heteroatoms. The van der Waals surface area contributed by atoms with Crippen molar-refractivity contribution in [2.45, 2.75) is 32.4 Å². The second kappa shape index (κ2) is 5.32. The van der Waals surface area contributed by atoms with Crippen molar-refractivity contribution in [3.63, 3.8) is 0 Å². The molecule has 0 spiro atoms. The van der Waals surface area contributed by atoms with Crippen molar-refractivity contribution in [1.82, 2.24) is 10.3 Å². The molecule has 0 unspecified atom stereocenters. The van der Waals surface area contributed by atoms with Crippen LogP contribution in [0.5, 0.6) is 0 Å². The van der Waals surface area contributed by atoms with Crippen LogP contribution in [-0.4, -0.2) is 22.7 Å². The van der Waals surface area contributed by atoms with Crippen molar-refractivity contribution in [3.8, 4) is 0 Å². The summed E-state index contributed by atoms with van der Waals surface area (Å²) in [7, 11) is 0. The Kier molecular flexibility index (Phi) is 4.35. The first-order valence-electron chi connectivity index (χ1n) is 4.51. The quantitative estimate of drug-likeness (QED) is 0.758. The summed E-state index contributed by atoms with van der Waals surface area (Å²) in [6, 6.07) is 0.291. The summed E-state index contributed by atoms with van der Waals surface area (Å²) < 4.78 is 0. The summed E-state index contributed by atoms with van der Waals surface area (Å²) in [5.41, 5.74) is 0. The molecule has 0 amide bonds. The molecule has 1 heterocycles. The average molecular weight is 200 g/mol. The zero-order chi connectivity index (χ0) is 9.68. The molecular formula is C9H16N2OS. The lowest BCUT2D eigenvalue weighted by Gasteiger charge is -2.11. The Hall–Kier alpha value is -0.450. The number of thiazole rings is 1. The third-order valence-corrected chi connectivity index (χ3v) is 2.79. The van der Waals surface area contributed by atoms with Gasteiger partial charge in [-0.05, 0) is 26.8 Å². The Morgan fingerprint density at radius 3 is 2.92 bits per heavy atom. The lowest BCUT2D eigenvalue weighted by Crippen LogP contribution is -2.22. The molecule has 0 aliphatic rings. The molecule has 2 atom stereocenters. The molecule has 0 aliphatic carbocycles. The minimum absolute atomic E-state index is 0.226. The van der Waals surface area contributed by atoms with Gasteiger partial charge in [-0.3, -0.25) is 0 Å². The fourth-order valence-electron chi connectivity index (χ4n) is 1.04. The van der Waals surface area contributed by atoms with Gasteiger partial charge in [0.1, 0.15) is 5.01 Å². The monoisotopic (exact) mass is 200 g/mol. The number of hydrogen-bond donors (Lipinski definition) is 2. The zero-order valence-electron chi connectivity index (χ0n) is 8.03. The van der Waals surface area contributed by atoms with Crippen molar-refractivity contribution in [2.24, 2.45) is 0 Å². The zero-order valence-corrected chi connectivity index (χ0v) is 8.84. The summed E-state index contributed by atoms with van der Waals surface area (Å²) in [6.07, 6.45) is 2.37. The topological polar surface area (TPSA) is 45.1 Å². The third kappa shape index (κ3) is 3.85. The first-order chi connectivity index (χ1) is 6.20. The Morgan fingerprint density at radius 2 is 2.38 bits per heavy atom. The highest BCUT2D eigenvalue weighted by atomic mass is 32.1. The molecule has 0 fully saturated rings. The molecule has 0 aromatic carbocycles. The summed E-state index contributed by atoms with van der Waals surface area (Å²) >= 11 is 1.65. The molecule has 0 saturated heterocycles. The molecule has 0 bridgehead atoms.